The Kier molecular flexibility index (Phi) is 48300. The molecule has 0 heterocycles. The number of quaternary nitrogens is 4. The first kappa shape index (κ1) is 1260. The molecule has 0 bridgehead atoms. The molecule has 0 fully saturated rings. The van der Waals surface area contributed by atoms with E-state index in [1.807, 2.05) is 0 Å². The molecule has 30 heavy (non-hydrogen) atoms. The largest absolute Gasteiger partial charge is 1.00 e. The van der Waals surface area contributed by atoms with Gasteiger partial charge in [0.1, 0.15) is 0 Å². The van der Waals surface area contributed by atoms with Gasteiger partial charge in [-0.25, -0.2) is 0 Å². The Morgan fingerprint density at radius 2 is 0.167 bits per heavy atom. The molecule has 0 aromatic heterocycles. The summed E-state index contributed by atoms with van der Waals surface area (Å²) in [5.41, 5.74) is 0. The van der Waals surface area contributed by atoms with Crippen molar-refractivity contribution in [2.75, 3.05) is 0 Å². The van der Waals surface area contributed by atoms with Gasteiger partial charge in [-0.3, -0.25) is 0 Å². The number of rotatable bonds is 0. The van der Waals surface area contributed by atoms with Crippen molar-refractivity contribution < 1.29 is 313 Å². The molecule has 30 heteroatoms. The third-order valence-corrected chi connectivity index (χ3v) is 0. The van der Waals surface area contributed by atoms with Gasteiger partial charge in [0.15, 0.2) is 0 Å². The van der Waals surface area contributed by atoms with E-state index in [2.05, 4.69) is 0 Å². The molecular formula is H46K2N4O18V6. The van der Waals surface area contributed by atoms with Crippen LogP contribution in [0.1, 0.15) is 0 Å². The molecular weight excluding hydrogens is 728 g/mol. The second-order valence-electron chi connectivity index (χ2n) is 0. The van der Waals surface area contributed by atoms with Crippen LogP contribution in [0.3, 0.4) is 0 Å². The molecule has 0 rings (SSSR count). The monoisotopic (exact) mass is 774 g/mol. The van der Waals surface area contributed by atoms with Crippen LogP contribution >= 0.6 is 0 Å². The van der Waals surface area contributed by atoms with Crippen LogP contribution in [0.5, 0.6) is 0 Å². The summed E-state index contributed by atoms with van der Waals surface area (Å²) in [5, 5.41) is 0. The summed E-state index contributed by atoms with van der Waals surface area (Å²) in [7, 11) is 0. The smallest absolute Gasteiger partial charge is 0.870 e. The Balaban J connectivity index is 0. The molecule has 0 aromatic rings. The zero-order valence-electron chi connectivity index (χ0n) is 17.4. The number of hydrogen-bond donors (Lipinski definition) is 4. The normalized spacial score (nSPS) is 0. The second kappa shape index (κ2) is 1150. The van der Waals surface area contributed by atoms with Crippen molar-refractivity contribution in [2.45, 2.75) is 0 Å². The van der Waals surface area contributed by atoms with Gasteiger partial charge in [0.05, 0.1) is 0 Å². The van der Waals surface area contributed by atoms with Crippen molar-refractivity contribution in [1.82, 2.24) is 24.6 Å². The van der Waals surface area contributed by atoms with Crippen molar-refractivity contribution in [1.29, 1.82) is 0 Å². The molecule has 6 radical (unpaired) electrons. The van der Waals surface area contributed by atoms with Crippen molar-refractivity contribution >= 4 is 0 Å². The third kappa shape index (κ3) is 1050. The minimum absolute atomic E-state index is 0. The molecule has 22 nitrogen and oxygen atoms in total. The molecule has 0 atom stereocenters. The Bertz CT molecular complexity index is 46.6. The average Bonchev–Trinajstić information content (AvgIpc) is 0. The van der Waals surface area contributed by atoms with E-state index >= 15 is 0 Å². The molecule has 0 saturated carbocycles. The van der Waals surface area contributed by atoms with E-state index in [-0.39, 0.29) is 337 Å². The fourth-order valence-electron chi connectivity index (χ4n) is 0. The van der Waals surface area contributed by atoms with Crippen molar-refractivity contribution in [3.63, 3.8) is 0 Å². The minimum atomic E-state index is 0. The van der Waals surface area contributed by atoms with Crippen molar-refractivity contribution in [3.8, 4) is 0 Å². The molecule has 0 aromatic carbocycles. The van der Waals surface area contributed by atoms with E-state index in [9.17, 15) is 0 Å². The SMILES string of the molecule is O.O.O.O.O.O.O.O.O.O.O.O.[K+].[K+].[NH4+].[NH4+].[NH4+].[NH4+].[OH-].[OH-].[OH-].[OH-].[OH-].[OH-].[V].[V].[V].[V].[V].[V]. The van der Waals surface area contributed by atoms with Crippen LogP contribution in [0.4, 0.5) is 0 Å². The maximum Gasteiger partial charge on any atom is 1.00 e. The van der Waals surface area contributed by atoms with Gasteiger partial charge in [-0.15, -0.1) is 0 Å². The van der Waals surface area contributed by atoms with Gasteiger partial charge < -0.3 is 123 Å². The molecule has 0 aliphatic rings. The van der Waals surface area contributed by atoms with Gasteiger partial charge >= 0.3 is 103 Å². The predicted octanol–water partition coefficient (Wildman–Crippen LogP) is -15.5. The van der Waals surface area contributed by atoms with E-state index in [1.165, 1.54) is 0 Å². The second-order valence-corrected chi connectivity index (χ2v) is 0. The van der Waals surface area contributed by atoms with E-state index in [4.69, 9.17) is 0 Å². The summed E-state index contributed by atoms with van der Waals surface area (Å²) in [5.74, 6) is 0. The summed E-state index contributed by atoms with van der Waals surface area (Å²) in [6.07, 6.45) is 0. The van der Waals surface area contributed by atoms with Gasteiger partial charge in [0.25, 0.3) is 0 Å². The predicted molar refractivity (Wildman–Crippen MR) is 78.9 cm³/mol. The fourth-order valence-corrected chi connectivity index (χ4v) is 0. The summed E-state index contributed by atoms with van der Waals surface area (Å²) >= 11 is 0. The van der Waals surface area contributed by atoms with E-state index < -0.39 is 0 Å². The van der Waals surface area contributed by atoms with E-state index in [1.54, 1.807) is 0 Å². The van der Waals surface area contributed by atoms with Crippen LogP contribution in [0.25, 0.3) is 0 Å². The van der Waals surface area contributed by atoms with Crippen LogP contribution in [0.2, 0.25) is 0 Å². The number of hydrogen-bond acceptors (Lipinski definition) is 6. The Morgan fingerprint density at radius 3 is 0.167 bits per heavy atom. The zero-order valence-corrected chi connectivity index (χ0v) is 32.0. The first-order valence-corrected chi connectivity index (χ1v) is 0. The van der Waals surface area contributed by atoms with Crippen molar-refractivity contribution in [2.24, 2.45) is 0 Å². The van der Waals surface area contributed by atoms with Crippen LogP contribution in [-0.4, -0.2) is 98.6 Å². The molecule has 0 spiro atoms. The molecule has 46 N–H and O–H groups in total. The molecule has 0 saturated heterocycles. The first-order valence-electron chi connectivity index (χ1n) is 0. The Morgan fingerprint density at radius 1 is 0.167 bits per heavy atom. The molecule has 0 amide bonds. The standard InChI is InChI=1S/2K.4H3N.18H2O.6V/h;;4*1H3;18*1H2;;;;;;/q2*+1;;;;;;;;;;;;;;;;;;;;;;;;;;;;/p-2. The summed E-state index contributed by atoms with van der Waals surface area (Å²) < 4.78 is 0. The fraction of sp³-hybridized carbons (Fsp3) is 0. The van der Waals surface area contributed by atoms with Crippen LogP contribution in [-0.2, 0) is 111 Å². The molecule has 0 aliphatic heterocycles. The first-order chi connectivity index (χ1) is 0. The summed E-state index contributed by atoms with van der Waals surface area (Å²) in [6.45, 7) is 0. The topological polar surface area (TPSA) is 704 Å². The molecule has 206 valence electrons. The van der Waals surface area contributed by atoms with Gasteiger partial charge in [0, 0.05) is 111 Å². The van der Waals surface area contributed by atoms with Crippen LogP contribution in [0.15, 0.2) is 0 Å². The maximum absolute atomic E-state index is 0. The average molecular weight is 774 g/mol. The Hall–Kier alpha value is 5.90. The maximum atomic E-state index is 0. The van der Waals surface area contributed by atoms with Crippen LogP contribution in [0, 0.1) is 0 Å². The third-order valence-electron chi connectivity index (χ3n) is 0. The minimum Gasteiger partial charge on any atom is -0.870 e. The van der Waals surface area contributed by atoms with Gasteiger partial charge in [0.2, 0.25) is 0 Å². The quantitative estimate of drug-likeness (QED) is 0.173. The van der Waals surface area contributed by atoms with Gasteiger partial charge in [-0.1, -0.05) is 0 Å². The van der Waals surface area contributed by atoms with Gasteiger partial charge in [-0.05, 0) is 0 Å². The van der Waals surface area contributed by atoms with Crippen molar-refractivity contribution in [3.05, 3.63) is 0 Å². The molecule has 0 aliphatic carbocycles. The van der Waals surface area contributed by atoms with E-state index in [0.717, 1.165) is 0 Å². The summed E-state index contributed by atoms with van der Waals surface area (Å²) in [6, 6.07) is 0. The van der Waals surface area contributed by atoms with Crippen LogP contribution < -0.4 is 127 Å². The van der Waals surface area contributed by atoms with Gasteiger partial charge in [-0.2, -0.15) is 0 Å². The summed E-state index contributed by atoms with van der Waals surface area (Å²) in [4.78, 5) is 0. The zero-order chi connectivity index (χ0) is 0. The Labute approximate surface area is 330 Å². The molecule has 0 unspecified atom stereocenters. The van der Waals surface area contributed by atoms with E-state index in [0.29, 0.717) is 0 Å².